The summed E-state index contributed by atoms with van der Waals surface area (Å²) < 4.78 is 39.8. The Balaban J connectivity index is 2.68. The Kier molecular flexibility index (Phi) is 2.56. The molecule has 0 radical (unpaired) electrons. The number of hydrogen-bond donors (Lipinski definition) is 1. The zero-order valence-electron chi connectivity index (χ0n) is 8.05. The van der Waals surface area contributed by atoms with Gasteiger partial charge in [0.25, 0.3) is 0 Å². The maximum atomic E-state index is 13.5. The van der Waals surface area contributed by atoms with Crippen LogP contribution in [0.5, 0.6) is 5.75 Å². The average Bonchev–Trinajstić information content (AvgIpc) is 2.27. The van der Waals surface area contributed by atoms with E-state index >= 15 is 0 Å². The predicted molar refractivity (Wildman–Crippen MR) is 53.4 cm³/mol. The van der Waals surface area contributed by atoms with E-state index < -0.39 is 23.2 Å². The lowest BCUT2D eigenvalue weighted by atomic mass is 10.0. The standard InChI is InChI=1S/C12H7F3O/c13-9-5-1-3-7(11(9)14)8-4-2-6-10(16)12(8)15/h1-6,16H. The molecule has 0 saturated carbocycles. The molecule has 0 saturated heterocycles. The molecule has 0 bridgehead atoms. The van der Waals surface area contributed by atoms with Gasteiger partial charge in [-0.05, 0) is 12.1 Å². The lowest BCUT2D eigenvalue weighted by Gasteiger charge is -2.06. The van der Waals surface area contributed by atoms with E-state index in [4.69, 9.17) is 5.11 Å². The number of rotatable bonds is 1. The molecule has 0 aliphatic heterocycles. The first-order chi connectivity index (χ1) is 7.61. The van der Waals surface area contributed by atoms with Crippen LogP contribution in [-0.4, -0.2) is 5.11 Å². The quantitative estimate of drug-likeness (QED) is 0.786. The minimum atomic E-state index is -1.13. The lowest BCUT2D eigenvalue weighted by Crippen LogP contribution is -1.92. The first-order valence-electron chi connectivity index (χ1n) is 4.53. The topological polar surface area (TPSA) is 20.2 Å². The third-order valence-corrected chi connectivity index (χ3v) is 2.22. The van der Waals surface area contributed by atoms with Crippen LogP contribution < -0.4 is 0 Å². The molecule has 0 aliphatic rings. The van der Waals surface area contributed by atoms with Gasteiger partial charge >= 0.3 is 0 Å². The van der Waals surface area contributed by atoms with E-state index in [9.17, 15) is 13.2 Å². The molecule has 4 heteroatoms. The fourth-order valence-corrected chi connectivity index (χ4v) is 1.44. The highest BCUT2D eigenvalue weighted by molar-refractivity contribution is 5.66. The van der Waals surface area contributed by atoms with Crippen molar-refractivity contribution >= 4 is 0 Å². The van der Waals surface area contributed by atoms with Crippen LogP contribution in [0, 0.1) is 17.5 Å². The van der Waals surface area contributed by atoms with E-state index in [0.29, 0.717) is 0 Å². The second-order valence-electron chi connectivity index (χ2n) is 3.24. The van der Waals surface area contributed by atoms with Crippen LogP contribution in [0.3, 0.4) is 0 Å². The summed E-state index contributed by atoms with van der Waals surface area (Å²) in [5.41, 5.74) is -0.384. The molecule has 0 heterocycles. The van der Waals surface area contributed by atoms with Crippen molar-refractivity contribution < 1.29 is 18.3 Å². The monoisotopic (exact) mass is 224 g/mol. The largest absolute Gasteiger partial charge is 0.505 e. The van der Waals surface area contributed by atoms with Gasteiger partial charge in [0.05, 0.1) is 0 Å². The van der Waals surface area contributed by atoms with Gasteiger partial charge in [-0.1, -0.05) is 24.3 Å². The fraction of sp³-hybridized carbons (Fsp3) is 0. The molecule has 0 spiro atoms. The third kappa shape index (κ3) is 1.62. The van der Waals surface area contributed by atoms with Crippen LogP contribution in [0.1, 0.15) is 0 Å². The molecular formula is C12H7F3O. The Morgan fingerprint density at radius 3 is 2.00 bits per heavy atom. The van der Waals surface area contributed by atoms with Crippen molar-refractivity contribution in [3.63, 3.8) is 0 Å². The Hall–Kier alpha value is -1.97. The van der Waals surface area contributed by atoms with Crippen LogP contribution in [0.4, 0.5) is 13.2 Å². The molecule has 2 aromatic carbocycles. The van der Waals surface area contributed by atoms with Crippen molar-refractivity contribution in [2.45, 2.75) is 0 Å². The number of halogens is 3. The molecular weight excluding hydrogens is 217 g/mol. The highest BCUT2D eigenvalue weighted by atomic mass is 19.2. The Labute approximate surface area is 89.8 Å². The second-order valence-corrected chi connectivity index (χ2v) is 3.24. The van der Waals surface area contributed by atoms with E-state index in [2.05, 4.69) is 0 Å². The molecule has 2 rings (SSSR count). The minimum Gasteiger partial charge on any atom is -0.505 e. The number of aromatic hydroxyl groups is 1. The van der Waals surface area contributed by atoms with Crippen molar-refractivity contribution in [2.75, 3.05) is 0 Å². The number of benzene rings is 2. The van der Waals surface area contributed by atoms with E-state index in [-0.39, 0.29) is 11.1 Å². The van der Waals surface area contributed by atoms with E-state index in [1.165, 1.54) is 24.3 Å². The summed E-state index contributed by atoms with van der Waals surface area (Å²) in [5, 5.41) is 9.13. The molecule has 1 N–H and O–H groups in total. The maximum absolute atomic E-state index is 13.5. The predicted octanol–water partition coefficient (Wildman–Crippen LogP) is 3.48. The lowest BCUT2D eigenvalue weighted by molar-refractivity contribution is 0.433. The van der Waals surface area contributed by atoms with Gasteiger partial charge in [-0.15, -0.1) is 0 Å². The fourth-order valence-electron chi connectivity index (χ4n) is 1.44. The van der Waals surface area contributed by atoms with Crippen molar-refractivity contribution in [2.24, 2.45) is 0 Å². The average molecular weight is 224 g/mol. The van der Waals surface area contributed by atoms with Crippen molar-refractivity contribution in [1.82, 2.24) is 0 Å². The summed E-state index contributed by atoms with van der Waals surface area (Å²) >= 11 is 0. The van der Waals surface area contributed by atoms with Crippen LogP contribution in [0.2, 0.25) is 0 Å². The van der Waals surface area contributed by atoms with Gasteiger partial charge in [0, 0.05) is 11.1 Å². The molecule has 0 aliphatic carbocycles. The van der Waals surface area contributed by atoms with Crippen LogP contribution in [-0.2, 0) is 0 Å². The number of phenols is 1. The van der Waals surface area contributed by atoms with Crippen LogP contribution in [0.25, 0.3) is 11.1 Å². The van der Waals surface area contributed by atoms with Gasteiger partial charge in [-0.3, -0.25) is 0 Å². The summed E-state index contributed by atoms with van der Waals surface area (Å²) in [4.78, 5) is 0. The molecule has 0 amide bonds. The zero-order chi connectivity index (χ0) is 11.7. The summed E-state index contributed by atoms with van der Waals surface area (Å²) in [6, 6.07) is 7.23. The highest BCUT2D eigenvalue weighted by Crippen LogP contribution is 2.30. The Bertz CT molecular complexity index is 488. The van der Waals surface area contributed by atoms with Crippen molar-refractivity contribution in [1.29, 1.82) is 0 Å². The molecule has 0 aromatic heterocycles. The summed E-state index contributed by atoms with van der Waals surface area (Å²) in [7, 11) is 0. The highest BCUT2D eigenvalue weighted by Gasteiger charge is 2.15. The van der Waals surface area contributed by atoms with Crippen molar-refractivity contribution in [3.8, 4) is 16.9 Å². The first kappa shape index (κ1) is 10.5. The second kappa shape index (κ2) is 3.89. The van der Waals surface area contributed by atoms with Gasteiger partial charge in [0.15, 0.2) is 23.2 Å². The molecule has 82 valence electrons. The summed E-state index contributed by atoms with van der Waals surface area (Å²) in [6.07, 6.45) is 0. The Morgan fingerprint density at radius 1 is 0.750 bits per heavy atom. The normalized spacial score (nSPS) is 10.4. The summed E-state index contributed by atoms with van der Waals surface area (Å²) in [6.45, 7) is 0. The van der Waals surface area contributed by atoms with Crippen molar-refractivity contribution in [3.05, 3.63) is 53.8 Å². The van der Waals surface area contributed by atoms with Gasteiger partial charge < -0.3 is 5.11 Å². The van der Waals surface area contributed by atoms with E-state index in [1.54, 1.807) is 0 Å². The SMILES string of the molecule is Oc1cccc(-c2cccc(F)c2F)c1F. The zero-order valence-corrected chi connectivity index (χ0v) is 8.05. The third-order valence-electron chi connectivity index (χ3n) is 2.22. The molecule has 0 fully saturated rings. The van der Waals surface area contributed by atoms with E-state index in [0.717, 1.165) is 12.1 Å². The van der Waals surface area contributed by atoms with Gasteiger partial charge in [0.1, 0.15) is 0 Å². The molecule has 16 heavy (non-hydrogen) atoms. The maximum Gasteiger partial charge on any atom is 0.172 e. The van der Waals surface area contributed by atoms with Crippen LogP contribution >= 0.6 is 0 Å². The minimum absolute atomic E-state index is 0.169. The number of phenolic OH excluding ortho intramolecular Hbond substituents is 1. The molecule has 2 aromatic rings. The van der Waals surface area contributed by atoms with Gasteiger partial charge in [-0.2, -0.15) is 0 Å². The van der Waals surface area contributed by atoms with Gasteiger partial charge in [0.2, 0.25) is 0 Å². The Morgan fingerprint density at radius 2 is 1.31 bits per heavy atom. The first-order valence-corrected chi connectivity index (χ1v) is 4.53. The van der Waals surface area contributed by atoms with Gasteiger partial charge in [-0.25, -0.2) is 13.2 Å². The van der Waals surface area contributed by atoms with E-state index in [1.807, 2.05) is 0 Å². The molecule has 0 unspecified atom stereocenters. The molecule has 0 atom stereocenters. The molecule has 1 nitrogen and oxygen atoms in total. The smallest absolute Gasteiger partial charge is 0.172 e. The summed E-state index contributed by atoms with van der Waals surface area (Å²) in [5.74, 6) is -3.75. The van der Waals surface area contributed by atoms with Crippen LogP contribution in [0.15, 0.2) is 36.4 Å². The number of hydrogen-bond acceptors (Lipinski definition) is 1.